The van der Waals surface area contributed by atoms with Gasteiger partial charge in [0.1, 0.15) is 0 Å². The van der Waals surface area contributed by atoms with Crippen molar-refractivity contribution in [3.8, 4) is 0 Å². The molecule has 1 heterocycles. The lowest BCUT2D eigenvalue weighted by Crippen LogP contribution is -2.47. The molecule has 1 saturated carbocycles. The number of hydrogen-bond donors (Lipinski definition) is 1. The number of rotatable bonds is 6. The van der Waals surface area contributed by atoms with Crippen LogP contribution in [-0.4, -0.2) is 54.1 Å². The Morgan fingerprint density at radius 1 is 1.12 bits per heavy atom. The Balaban J connectivity index is 1.55. The van der Waals surface area contributed by atoms with Gasteiger partial charge >= 0.3 is 0 Å². The third-order valence-corrected chi connectivity index (χ3v) is 3.78. The molecule has 2 aliphatic rings. The van der Waals surface area contributed by atoms with Gasteiger partial charge in [0.2, 0.25) is 0 Å². The summed E-state index contributed by atoms with van der Waals surface area (Å²) in [5.41, 5.74) is 5.50. The fourth-order valence-corrected chi connectivity index (χ4v) is 2.48. The summed E-state index contributed by atoms with van der Waals surface area (Å²) < 4.78 is 0. The molecule has 0 aromatic heterocycles. The van der Waals surface area contributed by atoms with Gasteiger partial charge in [-0.25, -0.2) is 0 Å². The van der Waals surface area contributed by atoms with Crippen molar-refractivity contribution in [2.75, 3.05) is 39.3 Å². The zero-order chi connectivity index (χ0) is 11.4. The largest absolute Gasteiger partial charge is 0.393 e. The highest BCUT2D eigenvalue weighted by atomic mass is 32.1. The van der Waals surface area contributed by atoms with Gasteiger partial charge in [0.05, 0.1) is 4.99 Å². The van der Waals surface area contributed by atoms with Gasteiger partial charge in [-0.3, -0.25) is 0 Å². The van der Waals surface area contributed by atoms with Crippen LogP contribution in [0.1, 0.15) is 25.7 Å². The van der Waals surface area contributed by atoms with Crippen molar-refractivity contribution in [3.63, 3.8) is 0 Å². The molecule has 0 aromatic rings. The van der Waals surface area contributed by atoms with Crippen molar-refractivity contribution < 1.29 is 0 Å². The highest BCUT2D eigenvalue weighted by Crippen LogP contribution is 2.29. The summed E-state index contributed by atoms with van der Waals surface area (Å²) in [6.45, 7) is 7.47. The summed E-state index contributed by atoms with van der Waals surface area (Å²) in [6.07, 6.45) is 4.96. The van der Waals surface area contributed by atoms with Gasteiger partial charge in [-0.15, -0.1) is 0 Å². The van der Waals surface area contributed by atoms with Gasteiger partial charge in [0, 0.05) is 32.7 Å². The normalized spacial score (nSPS) is 23.5. The SMILES string of the molecule is NC(=S)CCCN1CCN(CC2CC2)CC1. The maximum atomic E-state index is 5.50. The van der Waals surface area contributed by atoms with Gasteiger partial charge < -0.3 is 15.5 Å². The van der Waals surface area contributed by atoms with Gasteiger partial charge in [-0.05, 0) is 38.1 Å². The van der Waals surface area contributed by atoms with Gasteiger partial charge in [-0.1, -0.05) is 12.2 Å². The van der Waals surface area contributed by atoms with E-state index in [2.05, 4.69) is 9.80 Å². The fraction of sp³-hybridized carbons (Fsp3) is 0.917. The van der Waals surface area contributed by atoms with E-state index in [9.17, 15) is 0 Å². The molecule has 1 aliphatic heterocycles. The Hall–Kier alpha value is -0.190. The van der Waals surface area contributed by atoms with Gasteiger partial charge in [0.15, 0.2) is 0 Å². The number of hydrogen-bond acceptors (Lipinski definition) is 3. The average molecular weight is 241 g/mol. The summed E-state index contributed by atoms with van der Waals surface area (Å²) in [4.78, 5) is 5.83. The molecule has 4 heteroatoms. The molecule has 1 aliphatic carbocycles. The van der Waals surface area contributed by atoms with E-state index >= 15 is 0 Å². The van der Waals surface area contributed by atoms with Crippen LogP contribution in [0.4, 0.5) is 0 Å². The zero-order valence-corrected chi connectivity index (χ0v) is 10.8. The van der Waals surface area contributed by atoms with Crippen LogP contribution in [0.2, 0.25) is 0 Å². The third-order valence-electron chi connectivity index (χ3n) is 3.58. The van der Waals surface area contributed by atoms with Crippen LogP contribution in [0.5, 0.6) is 0 Å². The minimum absolute atomic E-state index is 0.660. The molecule has 3 nitrogen and oxygen atoms in total. The molecular weight excluding hydrogens is 218 g/mol. The van der Waals surface area contributed by atoms with Gasteiger partial charge in [-0.2, -0.15) is 0 Å². The first-order valence-electron chi connectivity index (χ1n) is 6.47. The van der Waals surface area contributed by atoms with Crippen LogP contribution in [-0.2, 0) is 0 Å². The van der Waals surface area contributed by atoms with E-state index in [-0.39, 0.29) is 0 Å². The first-order valence-corrected chi connectivity index (χ1v) is 6.88. The molecule has 2 fully saturated rings. The zero-order valence-electron chi connectivity index (χ0n) is 10.0. The van der Waals surface area contributed by atoms with Crippen LogP contribution in [0.3, 0.4) is 0 Å². The lowest BCUT2D eigenvalue weighted by Gasteiger charge is -2.34. The highest BCUT2D eigenvalue weighted by molar-refractivity contribution is 7.80. The quantitative estimate of drug-likeness (QED) is 0.705. The first kappa shape index (κ1) is 12.3. The fourth-order valence-electron chi connectivity index (χ4n) is 2.34. The second kappa shape index (κ2) is 5.94. The van der Waals surface area contributed by atoms with Gasteiger partial charge in [0.25, 0.3) is 0 Å². The minimum Gasteiger partial charge on any atom is -0.393 e. The van der Waals surface area contributed by atoms with Crippen molar-refractivity contribution >= 4 is 17.2 Å². The Labute approximate surface area is 104 Å². The van der Waals surface area contributed by atoms with Crippen molar-refractivity contribution in [3.05, 3.63) is 0 Å². The summed E-state index contributed by atoms with van der Waals surface area (Å²) in [6, 6.07) is 0. The molecule has 0 aromatic carbocycles. The molecule has 16 heavy (non-hydrogen) atoms. The summed E-state index contributed by atoms with van der Waals surface area (Å²) in [5, 5.41) is 0. The molecule has 1 saturated heterocycles. The van der Waals surface area contributed by atoms with E-state index in [1.54, 1.807) is 0 Å². The van der Waals surface area contributed by atoms with E-state index in [0.29, 0.717) is 4.99 Å². The second-order valence-electron chi connectivity index (χ2n) is 5.16. The summed E-state index contributed by atoms with van der Waals surface area (Å²) in [5.74, 6) is 1.03. The van der Waals surface area contributed by atoms with E-state index < -0.39 is 0 Å². The van der Waals surface area contributed by atoms with Crippen LogP contribution in [0, 0.1) is 5.92 Å². The van der Waals surface area contributed by atoms with Crippen molar-refractivity contribution in [1.29, 1.82) is 0 Å². The average Bonchev–Trinajstić information content (AvgIpc) is 3.04. The topological polar surface area (TPSA) is 32.5 Å². The van der Waals surface area contributed by atoms with E-state index in [0.717, 1.165) is 25.3 Å². The standard InChI is InChI=1S/C12H23N3S/c13-12(16)2-1-5-14-6-8-15(9-7-14)10-11-3-4-11/h11H,1-10H2,(H2,13,16). The minimum atomic E-state index is 0.660. The van der Waals surface area contributed by atoms with Crippen molar-refractivity contribution in [2.24, 2.45) is 11.7 Å². The van der Waals surface area contributed by atoms with E-state index in [4.69, 9.17) is 18.0 Å². The Morgan fingerprint density at radius 2 is 1.75 bits per heavy atom. The van der Waals surface area contributed by atoms with Crippen molar-refractivity contribution in [1.82, 2.24) is 9.80 Å². The molecule has 92 valence electrons. The molecule has 0 unspecified atom stereocenters. The van der Waals surface area contributed by atoms with Crippen LogP contribution < -0.4 is 5.73 Å². The smallest absolute Gasteiger partial charge is 0.0727 e. The molecule has 0 spiro atoms. The number of nitrogens with zero attached hydrogens (tertiary/aromatic N) is 2. The Bertz CT molecular complexity index is 232. The molecule has 0 atom stereocenters. The highest BCUT2D eigenvalue weighted by Gasteiger charge is 2.26. The number of nitrogens with two attached hydrogens (primary N) is 1. The Morgan fingerprint density at radius 3 is 2.31 bits per heavy atom. The van der Waals surface area contributed by atoms with E-state index in [1.165, 1.54) is 45.6 Å². The second-order valence-corrected chi connectivity index (χ2v) is 5.68. The number of piperazine rings is 1. The van der Waals surface area contributed by atoms with E-state index in [1.807, 2.05) is 0 Å². The van der Waals surface area contributed by atoms with Crippen molar-refractivity contribution in [2.45, 2.75) is 25.7 Å². The summed E-state index contributed by atoms with van der Waals surface area (Å²) >= 11 is 4.89. The predicted octanol–water partition coefficient (Wildman–Crippen LogP) is 1.08. The molecule has 2 N–H and O–H groups in total. The Kier molecular flexibility index (Phi) is 4.55. The maximum Gasteiger partial charge on any atom is 0.0727 e. The summed E-state index contributed by atoms with van der Waals surface area (Å²) in [7, 11) is 0. The molecule has 2 rings (SSSR count). The van der Waals surface area contributed by atoms with Crippen LogP contribution >= 0.6 is 12.2 Å². The third kappa shape index (κ3) is 4.36. The predicted molar refractivity (Wildman–Crippen MR) is 71.6 cm³/mol. The van der Waals surface area contributed by atoms with Crippen LogP contribution in [0.15, 0.2) is 0 Å². The first-order chi connectivity index (χ1) is 7.74. The van der Waals surface area contributed by atoms with Crippen LogP contribution in [0.25, 0.3) is 0 Å². The molecule has 0 amide bonds. The molecule has 0 bridgehead atoms. The number of thiocarbonyl (C=S) groups is 1. The monoisotopic (exact) mass is 241 g/mol. The lowest BCUT2D eigenvalue weighted by molar-refractivity contribution is 0.128. The maximum absolute atomic E-state index is 5.50. The molecule has 0 radical (unpaired) electrons. The lowest BCUT2D eigenvalue weighted by atomic mass is 10.2. The molecular formula is C12H23N3S.